The van der Waals surface area contributed by atoms with E-state index in [1.54, 1.807) is 0 Å². The minimum atomic E-state index is -0.408. The van der Waals surface area contributed by atoms with Gasteiger partial charge in [0, 0.05) is 25.3 Å². The van der Waals surface area contributed by atoms with Gasteiger partial charge in [-0.3, -0.25) is 5.10 Å². The minimum absolute atomic E-state index is 0.0652. The molecule has 0 amide bonds. The molecule has 0 saturated heterocycles. The fourth-order valence-electron chi connectivity index (χ4n) is 3.82. The van der Waals surface area contributed by atoms with Crippen molar-refractivity contribution in [3.05, 3.63) is 65.0 Å². The largest absolute Gasteiger partial charge is 0.454 e. The van der Waals surface area contributed by atoms with Gasteiger partial charge in [0.15, 0.2) is 11.5 Å². The molecule has 8 nitrogen and oxygen atoms in total. The smallest absolute Gasteiger partial charge is 0.244 e. The van der Waals surface area contributed by atoms with Crippen LogP contribution in [0.15, 0.2) is 53.9 Å². The number of nitriles is 1. The normalized spacial score (nSPS) is 16.6. The van der Waals surface area contributed by atoms with Gasteiger partial charge < -0.3 is 24.8 Å². The highest BCUT2D eigenvalue weighted by molar-refractivity contribution is 5.73. The highest BCUT2D eigenvalue weighted by Gasteiger charge is 2.35. The molecule has 3 aromatic rings. The summed E-state index contributed by atoms with van der Waals surface area (Å²) in [6.07, 6.45) is 0. The van der Waals surface area contributed by atoms with Gasteiger partial charge in [0.1, 0.15) is 11.6 Å². The molecule has 0 radical (unpaired) electrons. The quantitative estimate of drug-likeness (QED) is 0.694. The first-order valence-corrected chi connectivity index (χ1v) is 9.40. The molecule has 2 aromatic carbocycles. The Kier molecular flexibility index (Phi) is 4.03. The predicted octanol–water partition coefficient (Wildman–Crippen LogP) is 3.09. The second-order valence-corrected chi connectivity index (χ2v) is 7.30. The van der Waals surface area contributed by atoms with Crippen molar-refractivity contribution < 1.29 is 14.2 Å². The van der Waals surface area contributed by atoms with E-state index >= 15 is 0 Å². The minimum Gasteiger partial charge on any atom is -0.454 e. The average Bonchev–Trinajstić information content (AvgIpc) is 3.38. The lowest BCUT2D eigenvalue weighted by Gasteiger charge is -2.24. The molecule has 0 unspecified atom stereocenters. The van der Waals surface area contributed by atoms with E-state index in [0.29, 0.717) is 23.0 Å². The topological polar surface area (TPSA) is 109 Å². The Bertz CT molecular complexity index is 1200. The third-order valence-corrected chi connectivity index (χ3v) is 5.34. The fraction of sp³-hybridized carbons (Fsp3) is 0.182. The van der Waals surface area contributed by atoms with E-state index in [0.717, 1.165) is 28.1 Å². The molecule has 0 bridgehead atoms. The van der Waals surface area contributed by atoms with Crippen LogP contribution in [0.1, 0.15) is 17.0 Å². The highest BCUT2D eigenvalue weighted by Crippen LogP contribution is 2.47. The van der Waals surface area contributed by atoms with Crippen molar-refractivity contribution in [1.82, 2.24) is 10.2 Å². The van der Waals surface area contributed by atoms with Crippen molar-refractivity contribution in [3.63, 3.8) is 0 Å². The molecular weight excluding hydrogens is 382 g/mol. The monoisotopic (exact) mass is 401 g/mol. The number of hydrogen-bond donors (Lipinski definition) is 2. The summed E-state index contributed by atoms with van der Waals surface area (Å²) >= 11 is 0. The molecule has 3 N–H and O–H groups in total. The van der Waals surface area contributed by atoms with Crippen LogP contribution in [0.2, 0.25) is 0 Å². The molecule has 1 aromatic heterocycles. The first kappa shape index (κ1) is 17.9. The van der Waals surface area contributed by atoms with Crippen molar-refractivity contribution in [2.75, 3.05) is 25.8 Å². The standard InChI is InChI=1S/C22H19N5O3/c1-27(2)14-6-3-12(4-7-14)18-15(10-23)21(24)30-22-19(18)20(25-26-22)13-5-8-16-17(9-13)29-11-28-16/h3-9,18H,11,24H2,1-2H3,(H,25,26)/t18-/m1/s1. The third-order valence-electron chi connectivity index (χ3n) is 5.34. The number of hydrogen-bond acceptors (Lipinski definition) is 7. The molecule has 0 fully saturated rings. The molecule has 8 heteroatoms. The first-order valence-electron chi connectivity index (χ1n) is 9.40. The summed E-state index contributed by atoms with van der Waals surface area (Å²) < 4.78 is 16.6. The van der Waals surface area contributed by atoms with E-state index in [1.807, 2.05) is 61.5 Å². The number of allylic oxidation sites excluding steroid dienone is 1. The summed E-state index contributed by atoms with van der Waals surface area (Å²) in [5.74, 6) is 1.38. The summed E-state index contributed by atoms with van der Waals surface area (Å²) in [5.41, 5.74) is 10.8. The van der Waals surface area contributed by atoms with Crippen LogP contribution >= 0.6 is 0 Å². The Hall–Kier alpha value is -4.12. The highest BCUT2D eigenvalue weighted by atomic mass is 16.7. The average molecular weight is 401 g/mol. The summed E-state index contributed by atoms with van der Waals surface area (Å²) in [7, 11) is 3.96. The van der Waals surface area contributed by atoms with Crippen LogP contribution in [0, 0.1) is 11.3 Å². The molecule has 2 aliphatic heterocycles. The molecular formula is C22H19N5O3. The molecule has 0 saturated carbocycles. The van der Waals surface area contributed by atoms with Gasteiger partial charge in [0.25, 0.3) is 0 Å². The van der Waals surface area contributed by atoms with Crippen LogP contribution in [0.25, 0.3) is 11.3 Å². The number of nitrogens with zero attached hydrogens (tertiary/aromatic N) is 3. The van der Waals surface area contributed by atoms with Gasteiger partial charge in [-0.05, 0) is 35.9 Å². The number of aromatic nitrogens is 2. The van der Waals surface area contributed by atoms with Crippen LogP contribution in [-0.4, -0.2) is 31.1 Å². The van der Waals surface area contributed by atoms with E-state index in [1.165, 1.54) is 0 Å². The van der Waals surface area contributed by atoms with Gasteiger partial charge in [-0.1, -0.05) is 12.1 Å². The number of aromatic amines is 1. The molecule has 0 spiro atoms. The lowest BCUT2D eigenvalue weighted by molar-refractivity contribution is 0.174. The molecule has 0 aliphatic carbocycles. The maximum absolute atomic E-state index is 9.84. The van der Waals surface area contributed by atoms with E-state index in [4.69, 9.17) is 19.9 Å². The Balaban J connectivity index is 1.66. The first-order chi connectivity index (χ1) is 14.6. The number of nitrogens with one attached hydrogen (secondary N) is 1. The molecule has 150 valence electrons. The third kappa shape index (κ3) is 2.71. The predicted molar refractivity (Wildman–Crippen MR) is 110 cm³/mol. The maximum atomic E-state index is 9.84. The van der Waals surface area contributed by atoms with Crippen LogP contribution in [-0.2, 0) is 0 Å². The van der Waals surface area contributed by atoms with E-state index < -0.39 is 5.92 Å². The lowest BCUT2D eigenvalue weighted by atomic mass is 9.83. The Labute approximate surface area is 173 Å². The number of nitrogens with two attached hydrogens (primary N) is 1. The summed E-state index contributed by atoms with van der Waals surface area (Å²) in [6, 6.07) is 15.9. The van der Waals surface area contributed by atoms with Gasteiger partial charge in [-0.15, -0.1) is 5.10 Å². The zero-order valence-corrected chi connectivity index (χ0v) is 16.5. The van der Waals surface area contributed by atoms with Gasteiger partial charge in [0.05, 0.1) is 17.2 Å². The molecule has 3 heterocycles. The number of ether oxygens (including phenoxy) is 3. The zero-order valence-electron chi connectivity index (χ0n) is 16.5. The summed E-state index contributed by atoms with van der Waals surface area (Å²) in [4.78, 5) is 2.02. The number of fused-ring (bicyclic) bond motifs is 2. The van der Waals surface area contributed by atoms with Crippen LogP contribution in [0.3, 0.4) is 0 Å². The van der Waals surface area contributed by atoms with Crippen LogP contribution in [0.4, 0.5) is 5.69 Å². The van der Waals surface area contributed by atoms with Crippen LogP contribution < -0.4 is 24.8 Å². The Morgan fingerprint density at radius 1 is 1.13 bits per heavy atom. The van der Waals surface area contributed by atoms with E-state index in [9.17, 15) is 5.26 Å². The van der Waals surface area contributed by atoms with E-state index in [2.05, 4.69) is 16.3 Å². The van der Waals surface area contributed by atoms with Gasteiger partial charge >= 0.3 is 0 Å². The number of H-pyrrole nitrogens is 1. The van der Waals surface area contributed by atoms with Crippen molar-refractivity contribution in [2.24, 2.45) is 5.73 Å². The fourth-order valence-corrected chi connectivity index (χ4v) is 3.82. The second-order valence-electron chi connectivity index (χ2n) is 7.30. The van der Waals surface area contributed by atoms with Crippen molar-refractivity contribution in [2.45, 2.75) is 5.92 Å². The molecule has 2 aliphatic rings. The molecule has 5 rings (SSSR count). The second kappa shape index (κ2) is 6.74. The van der Waals surface area contributed by atoms with Gasteiger partial charge in [-0.25, -0.2) is 0 Å². The maximum Gasteiger partial charge on any atom is 0.244 e. The van der Waals surface area contributed by atoms with Gasteiger partial charge in [0.2, 0.25) is 18.6 Å². The molecule has 1 atom stereocenters. The Morgan fingerprint density at radius 3 is 2.63 bits per heavy atom. The molecule has 30 heavy (non-hydrogen) atoms. The van der Waals surface area contributed by atoms with Crippen molar-refractivity contribution in [3.8, 4) is 34.7 Å². The number of benzene rings is 2. The Morgan fingerprint density at radius 2 is 1.90 bits per heavy atom. The summed E-state index contributed by atoms with van der Waals surface area (Å²) in [6.45, 7) is 0.196. The van der Waals surface area contributed by atoms with Crippen LogP contribution in [0.5, 0.6) is 17.4 Å². The SMILES string of the molecule is CN(C)c1ccc([C@@H]2C(C#N)=C(N)Oc3n[nH]c(-c4ccc5c(c4)OCO5)c32)cc1. The van der Waals surface area contributed by atoms with Crippen molar-refractivity contribution >= 4 is 5.69 Å². The summed E-state index contributed by atoms with van der Waals surface area (Å²) in [5, 5.41) is 17.2. The van der Waals surface area contributed by atoms with Gasteiger partial charge in [-0.2, -0.15) is 5.26 Å². The van der Waals surface area contributed by atoms with Crippen molar-refractivity contribution in [1.29, 1.82) is 5.26 Å². The number of rotatable bonds is 3. The van der Waals surface area contributed by atoms with E-state index in [-0.39, 0.29) is 12.7 Å². The zero-order chi connectivity index (χ0) is 20.8. The lowest BCUT2D eigenvalue weighted by Crippen LogP contribution is -2.21. The number of anilines is 1.